The van der Waals surface area contributed by atoms with Crippen LogP contribution in [0, 0.1) is 0 Å². The van der Waals surface area contributed by atoms with Crippen molar-refractivity contribution in [3.63, 3.8) is 0 Å². The van der Waals surface area contributed by atoms with E-state index < -0.39 is 0 Å². The van der Waals surface area contributed by atoms with E-state index in [0.717, 1.165) is 17.1 Å². The van der Waals surface area contributed by atoms with Gasteiger partial charge in [0, 0.05) is 47.9 Å². The standard InChI is InChI=1S/C46H30N2S/c1-3-14-31(15-4-1)35-19-9-11-22-40(35)48(43-24-13-25-44-45(43)38-28-26-32-16-7-8-20-36(32)46(38)49-44)34-27-29-42-39(30-34)37-21-10-12-23-41(37)47(42)33-17-5-2-6-18-33/h1-30H. The van der Waals surface area contributed by atoms with Crippen LogP contribution in [-0.4, -0.2) is 4.57 Å². The summed E-state index contributed by atoms with van der Waals surface area (Å²) in [4.78, 5) is 2.49. The van der Waals surface area contributed by atoms with Crippen LogP contribution in [0.4, 0.5) is 17.1 Å². The summed E-state index contributed by atoms with van der Waals surface area (Å²) in [5.41, 5.74) is 9.39. The highest BCUT2D eigenvalue weighted by Crippen LogP contribution is 2.49. The lowest BCUT2D eigenvalue weighted by Gasteiger charge is -2.29. The lowest BCUT2D eigenvalue weighted by atomic mass is 10.00. The van der Waals surface area contributed by atoms with Gasteiger partial charge in [-0.1, -0.05) is 127 Å². The van der Waals surface area contributed by atoms with Gasteiger partial charge < -0.3 is 9.47 Å². The molecule has 0 amide bonds. The van der Waals surface area contributed by atoms with E-state index in [4.69, 9.17) is 0 Å². The highest BCUT2D eigenvalue weighted by molar-refractivity contribution is 7.26. The zero-order valence-electron chi connectivity index (χ0n) is 26.6. The second-order valence-corrected chi connectivity index (χ2v) is 13.6. The maximum absolute atomic E-state index is 2.49. The summed E-state index contributed by atoms with van der Waals surface area (Å²) in [5, 5.41) is 7.62. The largest absolute Gasteiger partial charge is 0.309 e. The number of nitrogens with zero attached hydrogens (tertiary/aromatic N) is 2. The topological polar surface area (TPSA) is 8.17 Å². The maximum atomic E-state index is 2.49. The predicted octanol–water partition coefficient (Wildman–Crippen LogP) is 13.4. The SMILES string of the molecule is c1ccc(-c2ccccc2N(c2ccc3c(c2)c2ccccc2n3-c2ccccc2)c2cccc3sc4c5ccccc5ccc4c23)cc1. The summed E-state index contributed by atoms with van der Waals surface area (Å²) in [6.45, 7) is 0. The van der Waals surface area contributed by atoms with E-state index >= 15 is 0 Å². The van der Waals surface area contributed by atoms with Crippen LogP contribution in [0.3, 0.4) is 0 Å². The molecular weight excluding hydrogens is 613 g/mol. The minimum Gasteiger partial charge on any atom is -0.309 e. The van der Waals surface area contributed by atoms with Crippen LogP contribution >= 0.6 is 11.3 Å². The third-order valence-electron chi connectivity index (χ3n) is 9.76. The molecule has 0 aliphatic carbocycles. The van der Waals surface area contributed by atoms with Crippen LogP contribution in [0.1, 0.15) is 0 Å². The Morgan fingerprint density at radius 3 is 2.02 bits per heavy atom. The second-order valence-electron chi connectivity index (χ2n) is 12.5. The molecule has 2 aromatic heterocycles. The van der Waals surface area contributed by atoms with E-state index in [0.29, 0.717) is 0 Å². The van der Waals surface area contributed by atoms with Crippen molar-refractivity contribution in [2.24, 2.45) is 0 Å². The number of hydrogen-bond acceptors (Lipinski definition) is 2. The molecule has 49 heavy (non-hydrogen) atoms. The lowest BCUT2D eigenvalue weighted by Crippen LogP contribution is -2.11. The first-order chi connectivity index (χ1) is 24.3. The van der Waals surface area contributed by atoms with Crippen molar-refractivity contribution in [1.29, 1.82) is 0 Å². The molecule has 230 valence electrons. The van der Waals surface area contributed by atoms with Gasteiger partial charge >= 0.3 is 0 Å². The first-order valence-electron chi connectivity index (χ1n) is 16.7. The van der Waals surface area contributed by atoms with Gasteiger partial charge in [-0.25, -0.2) is 0 Å². The molecule has 0 radical (unpaired) electrons. The van der Waals surface area contributed by atoms with E-state index in [-0.39, 0.29) is 0 Å². The highest BCUT2D eigenvalue weighted by atomic mass is 32.1. The zero-order chi connectivity index (χ0) is 32.3. The molecule has 0 aliphatic rings. The molecule has 0 spiro atoms. The van der Waals surface area contributed by atoms with Gasteiger partial charge in [0.1, 0.15) is 0 Å². The number of thiophene rings is 1. The molecule has 0 saturated carbocycles. The first-order valence-corrected chi connectivity index (χ1v) is 17.5. The number of hydrogen-bond donors (Lipinski definition) is 0. The Balaban J connectivity index is 1.30. The Morgan fingerprint density at radius 2 is 1.14 bits per heavy atom. The summed E-state index contributed by atoms with van der Waals surface area (Å²) in [7, 11) is 0. The van der Waals surface area contributed by atoms with Crippen LogP contribution in [0.2, 0.25) is 0 Å². The average molecular weight is 643 g/mol. The van der Waals surface area contributed by atoms with Gasteiger partial charge in [0.25, 0.3) is 0 Å². The van der Waals surface area contributed by atoms with Gasteiger partial charge in [-0.3, -0.25) is 0 Å². The summed E-state index contributed by atoms with van der Waals surface area (Å²) in [6.07, 6.45) is 0. The molecule has 10 aromatic rings. The van der Waals surface area contributed by atoms with Crippen LogP contribution in [-0.2, 0) is 0 Å². The quantitative estimate of drug-likeness (QED) is 0.181. The van der Waals surface area contributed by atoms with Gasteiger partial charge in [0.05, 0.1) is 22.4 Å². The molecule has 3 heteroatoms. The molecule has 0 unspecified atom stereocenters. The molecular formula is C46H30N2S. The van der Waals surface area contributed by atoms with Crippen molar-refractivity contribution in [2.45, 2.75) is 0 Å². The van der Waals surface area contributed by atoms with E-state index in [1.165, 1.54) is 69.6 Å². The molecule has 2 nitrogen and oxygen atoms in total. The van der Waals surface area contributed by atoms with Crippen molar-refractivity contribution < 1.29 is 0 Å². The minimum atomic E-state index is 1.12. The highest BCUT2D eigenvalue weighted by Gasteiger charge is 2.23. The van der Waals surface area contributed by atoms with Crippen molar-refractivity contribution in [2.75, 3.05) is 4.90 Å². The summed E-state index contributed by atoms with van der Waals surface area (Å²) < 4.78 is 5.00. The van der Waals surface area contributed by atoms with Crippen LogP contribution in [0.5, 0.6) is 0 Å². The van der Waals surface area contributed by atoms with Crippen LogP contribution in [0.25, 0.3) is 69.6 Å². The van der Waals surface area contributed by atoms with E-state index in [9.17, 15) is 0 Å². The molecule has 0 atom stereocenters. The Hall–Kier alpha value is -6.16. The Labute approximate surface area is 288 Å². The third-order valence-corrected chi connectivity index (χ3v) is 11.0. The predicted molar refractivity (Wildman–Crippen MR) is 211 cm³/mol. The smallest absolute Gasteiger partial charge is 0.0555 e. The Bertz CT molecular complexity index is 2830. The van der Waals surface area contributed by atoms with Gasteiger partial charge in [-0.2, -0.15) is 0 Å². The molecule has 0 saturated heterocycles. The number of fused-ring (bicyclic) bond motifs is 8. The summed E-state index contributed by atoms with van der Waals surface area (Å²) >= 11 is 1.89. The first kappa shape index (κ1) is 27.9. The van der Waals surface area contributed by atoms with E-state index in [1.54, 1.807) is 0 Å². The number of aromatic nitrogens is 1. The van der Waals surface area contributed by atoms with E-state index in [1.807, 2.05) is 11.3 Å². The molecule has 0 aliphatic heterocycles. The Morgan fingerprint density at radius 1 is 0.449 bits per heavy atom. The van der Waals surface area contributed by atoms with Crippen molar-refractivity contribution in [3.8, 4) is 16.8 Å². The average Bonchev–Trinajstić information content (AvgIpc) is 3.72. The fraction of sp³-hybridized carbons (Fsp3) is 0. The molecule has 0 fully saturated rings. The third kappa shape index (κ3) is 4.40. The van der Waals surface area contributed by atoms with Gasteiger partial charge in [-0.05, 0) is 70.9 Å². The number of benzene rings is 8. The van der Waals surface area contributed by atoms with Gasteiger partial charge in [0.2, 0.25) is 0 Å². The van der Waals surface area contributed by atoms with Gasteiger partial charge in [0.15, 0.2) is 0 Å². The second kappa shape index (κ2) is 11.2. The van der Waals surface area contributed by atoms with Crippen molar-refractivity contribution in [1.82, 2.24) is 4.57 Å². The summed E-state index contributed by atoms with van der Waals surface area (Å²) in [5.74, 6) is 0. The minimum absolute atomic E-state index is 1.12. The zero-order valence-corrected chi connectivity index (χ0v) is 27.4. The molecule has 8 aromatic carbocycles. The number of para-hydroxylation sites is 3. The molecule has 0 N–H and O–H groups in total. The Kier molecular flexibility index (Phi) is 6.39. The number of rotatable bonds is 5. The van der Waals surface area contributed by atoms with E-state index in [2.05, 4.69) is 191 Å². The molecule has 0 bridgehead atoms. The lowest BCUT2D eigenvalue weighted by molar-refractivity contribution is 1.18. The monoisotopic (exact) mass is 642 g/mol. The maximum Gasteiger partial charge on any atom is 0.0555 e. The number of anilines is 3. The van der Waals surface area contributed by atoms with Crippen LogP contribution < -0.4 is 4.90 Å². The normalized spacial score (nSPS) is 11.7. The van der Waals surface area contributed by atoms with Gasteiger partial charge in [-0.15, -0.1) is 11.3 Å². The molecule has 10 rings (SSSR count). The fourth-order valence-electron chi connectivity index (χ4n) is 7.62. The summed E-state index contributed by atoms with van der Waals surface area (Å²) in [6, 6.07) is 66.1. The van der Waals surface area contributed by atoms with Crippen molar-refractivity contribution >= 4 is 81.1 Å². The molecule has 2 heterocycles. The fourth-order valence-corrected chi connectivity index (χ4v) is 8.87. The van der Waals surface area contributed by atoms with Crippen molar-refractivity contribution in [3.05, 3.63) is 182 Å². The van der Waals surface area contributed by atoms with Crippen LogP contribution in [0.15, 0.2) is 182 Å².